The van der Waals surface area contributed by atoms with Gasteiger partial charge in [-0.2, -0.15) is 0 Å². The smallest absolute Gasteiger partial charge is 0.179 e. The zero-order chi connectivity index (χ0) is 13.1. The summed E-state index contributed by atoms with van der Waals surface area (Å²) >= 11 is 6.37. The number of halogens is 1. The van der Waals surface area contributed by atoms with Crippen LogP contribution in [0, 0.1) is 6.92 Å². The van der Waals surface area contributed by atoms with Crippen LogP contribution >= 0.6 is 11.6 Å². The van der Waals surface area contributed by atoms with Crippen molar-refractivity contribution in [3.05, 3.63) is 22.2 Å². The van der Waals surface area contributed by atoms with Gasteiger partial charge in [0, 0.05) is 6.04 Å². The second-order valence-electron chi connectivity index (χ2n) is 4.64. The summed E-state index contributed by atoms with van der Waals surface area (Å²) in [5, 5.41) is 4.19. The molecule has 1 atom stereocenters. The van der Waals surface area contributed by atoms with Gasteiger partial charge in [-0.1, -0.05) is 18.0 Å². The van der Waals surface area contributed by atoms with Crippen LogP contribution in [-0.4, -0.2) is 20.8 Å². The largest absolute Gasteiger partial charge is 0.493 e. The van der Waals surface area contributed by atoms with E-state index in [0.717, 1.165) is 18.5 Å². The lowest BCUT2D eigenvalue weighted by atomic mass is 9.93. The summed E-state index contributed by atoms with van der Waals surface area (Å²) in [4.78, 5) is 0. The Labute approximate surface area is 113 Å². The zero-order valence-electron chi connectivity index (χ0n) is 11.2. The van der Waals surface area contributed by atoms with Crippen molar-refractivity contribution in [3.8, 4) is 11.5 Å². The number of benzene rings is 1. The quantitative estimate of drug-likeness (QED) is 0.911. The van der Waals surface area contributed by atoms with Gasteiger partial charge in [-0.05, 0) is 43.5 Å². The van der Waals surface area contributed by atoms with Crippen LogP contribution in [0.1, 0.15) is 36.4 Å². The van der Waals surface area contributed by atoms with Crippen LogP contribution in [0.4, 0.5) is 0 Å². The van der Waals surface area contributed by atoms with Gasteiger partial charge in [-0.3, -0.25) is 0 Å². The fourth-order valence-electron chi connectivity index (χ4n) is 2.54. The van der Waals surface area contributed by atoms with Crippen molar-refractivity contribution in [2.45, 2.75) is 32.2 Å². The van der Waals surface area contributed by atoms with Crippen LogP contribution in [0.5, 0.6) is 11.5 Å². The molecule has 0 bridgehead atoms. The highest BCUT2D eigenvalue weighted by Gasteiger charge is 2.22. The van der Waals surface area contributed by atoms with Crippen LogP contribution in [0.3, 0.4) is 0 Å². The Morgan fingerprint density at radius 3 is 2.61 bits per heavy atom. The third-order valence-electron chi connectivity index (χ3n) is 3.58. The van der Waals surface area contributed by atoms with Crippen molar-refractivity contribution in [2.75, 3.05) is 20.8 Å². The van der Waals surface area contributed by atoms with Crippen molar-refractivity contribution in [1.29, 1.82) is 0 Å². The zero-order valence-corrected chi connectivity index (χ0v) is 11.9. The normalized spacial score (nSPS) is 19.7. The molecule has 1 unspecified atom stereocenters. The van der Waals surface area contributed by atoms with E-state index >= 15 is 0 Å². The maximum Gasteiger partial charge on any atom is 0.179 e. The van der Waals surface area contributed by atoms with E-state index in [0.29, 0.717) is 22.6 Å². The van der Waals surface area contributed by atoms with E-state index in [1.165, 1.54) is 18.4 Å². The Hall–Kier alpha value is -0.930. The fraction of sp³-hybridized carbons (Fsp3) is 0.571. The van der Waals surface area contributed by atoms with Gasteiger partial charge in [-0.25, -0.2) is 0 Å². The number of hydrogen-bond acceptors (Lipinski definition) is 3. The first kappa shape index (κ1) is 13.5. The molecule has 1 aromatic carbocycles. The summed E-state index contributed by atoms with van der Waals surface area (Å²) in [6.07, 6.45) is 3.65. The van der Waals surface area contributed by atoms with E-state index in [2.05, 4.69) is 5.32 Å². The Morgan fingerprint density at radius 1 is 1.28 bits per heavy atom. The average molecular weight is 270 g/mol. The van der Waals surface area contributed by atoms with Crippen molar-refractivity contribution in [3.63, 3.8) is 0 Å². The lowest BCUT2D eigenvalue weighted by molar-refractivity contribution is 0.352. The van der Waals surface area contributed by atoms with Crippen LogP contribution < -0.4 is 14.8 Å². The molecule has 3 nitrogen and oxygen atoms in total. The lowest BCUT2D eigenvalue weighted by Crippen LogP contribution is -2.27. The van der Waals surface area contributed by atoms with Gasteiger partial charge in [0.25, 0.3) is 0 Å². The molecule has 1 fully saturated rings. The number of methoxy groups -OCH3 is 2. The van der Waals surface area contributed by atoms with Gasteiger partial charge >= 0.3 is 0 Å². The molecular weight excluding hydrogens is 250 g/mol. The van der Waals surface area contributed by atoms with Gasteiger partial charge in [0.15, 0.2) is 11.5 Å². The first-order valence-corrected chi connectivity index (χ1v) is 6.71. The molecule has 0 spiro atoms. The number of rotatable bonds is 3. The SMILES string of the molecule is COc1cc(C2CCCCN2)c(C)c(Cl)c1OC. The molecule has 100 valence electrons. The second-order valence-corrected chi connectivity index (χ2v) is 5.02. The van der Waals surface area contributed by atoms with Crippen molar-refractivity contribution in [2.24, 2.45) is 0 Å². The molecule has 0 aliphatic carbocycles. The lowest BCUT2D eigenvalue weighted by Gasteiger charge is -2.26. The molecule has 1 aromatic rings. The predicted molar refractivity (Wildman–Crippen MR) is 73.9 cm³/mol. The highest BCUT2D eigenvalue weighted by molar-refractivity contribution is 6.33. The highest BCUT2D eigenvalue weighted by Crippen LogP contribution is 2.42. The van der Waals surface area contributed by atoms with Crippen molar-refractivity contribution < 1.29 is 9.47 Å². The summed E-state index contributed by atoms with van der Waals surface area (Å²) in [6, 6.07) is 2.42. The Kier molecular flexibility index (Phi) is 4.36. The minimum atomic E-state index is 0.371. The predicted octanol–water partition coefficient (Wildman–Crippen LogP) is 3.48. The van der Waals surface area contributed by atoms with Crippen LogP contribution in [-0.2, 0) is 0 Å². The maximum atomic E-state index is 6.37. The molecule has 1 aliphatic heterocycles. The fourth-order valence-corrected chi connectivity index (χ4v) is 2.82. The Morgan fingerprint density at radius 2 is 2.06 bits per heavy atom. The van der Waals surface area contributed by atoms with Crippen molar-refractivity contribution in [1.82, 2.24) is 5.32 Å². The van der Waals surface area contributed by atoms with Crippen molar-refractivity contribution >= 4 is 11.6 Å². The van der Waals surface area contributed by atoms with E-state index in [9.17, 15) is 0 Å². The van der Waals surface area contributed by atoms with Crippen LogP contribution in [0.25, 0.3) is 0 Å². The van der Waals surface area contributed by atoms with Gasteiger partial charge in [-0.15, -0.1) is 0 Å². The molecule has 0 radical (unpaired) electrons. The molecule has 4 heteroatoms. The van der Waals surface area contributed by atoms with E-state index in [-0.39, 0.29) is 0 Å². The van der Waals surface area contributed by atoms with Crippen LogP contribution in [0.2, 0.25) is 5.02 Å². The minimum Gasteiger partial charge on any atom is -0.493 e. The highest BCUT2D eigenvalue weighted by atomic mass is 35.5. The van der Waals surface area contributed by atoms with Gasteiger partial charge < -0.3 is 14.8 Å². The molecule has 18 heavy (non-hydrogen) atoms. The summed E-state index contributed by atoms with van der Waals surface area (Å²) in [7, 11) is 3.25. The molecule has 1 saturated heterocycles. The molecule has 1 heterocycles. The summed E-state index contributed by atoms with van der Waals surface area (Å²) in [5.41, 5.74) is 2.30. The number of nitrogens with one attached hydrogen (secondary N) is 1. The Balaban J connectivity index is 2.44. The molecule has 1 aliphatic rings. The van der Waals surface area contributed by atoms with Crippen LogP contribution in [0.15, 0.2) is 6.07 Å². The maximum absolute atomic E-state index is 6.37. The Bertz CT molecular complexity index is 428. The van der Waals surface area contributed by atoms with E-state index < -0.39 is 0 Å². The molecule has 0 aromatic heterocycles. The van der Waals surface area contributed by atoms with E-state index in [4.69, 9.17) is 21.1 Å². The van der Waals surface area contributed by atoms with Gasteiger partial charge in [0.1, 0.15) is 0 Å². The summed E-state index contributed by atoms with van der Waals surface area (Å²) in [6.45, 7) is 3.10. The molecule has 2 rings (SSSR count). The number of hydrogen-bond donors (Lipinski definition) is 1. The molecular formula is C14H20ClNO2. The van der Waals surface area contributed by atoms with E-state index in [1.807, 2.05) is 13.0 Å². The number of ether oxygens (including phenoxy) is 2. The van der Waals surface area contributed by atoms with Gasteiger partial charge in [0.05, 0.1) is 19.2 Å². The third-order valence-corrected chi connectivity index (χ3v) is 4.04. The first-order valence-electron chi connectivity index (χ1n) is 6.33. The first-order chi connectivity index (χ1) is 8.69. The minimum absolute atomic E-state index is 0.371. The topological polar surface area (TPSA) is 30.5 Å². The average Bonchev–Trinajstić information content (AvgIpc) is 2.42. The third kappa shape index (κ3) is 2.43. The standard InChI is InChI=1S/C14H20ClNO2/c1-9-10(11-6-4-5-7-16-11)8-12(17-2)14(18-3)13(9)15/h8,11,16H,4-7H2,1-3H3. The number of piperidine rings is 1. The van der Waals surface area contributed by atoms with E-state index in [1.54, 1.807) is 14.2 Å². The monoisotopic (exact) mass is 269 g/mol. The van der Waals surface area contributed by atoms with Gasteiger partial charge in [0.2, 0.25) is 0 Å². The second kappa shape index (κ2) is 5.81. The molecule has 0 saturated carbocycles. The molecule has 1 N–H and O–H groups in total. The summed E-state index contributed by atoms with van der Waals surface area (Å²) < 4.78 is 10.7. The summed E-state index contributed by atoms with van der Waals surface area (Å²) in [5.74, 6) is 1.33. The molecule has 0 amide bonds.